The molecule has 1 aliphatic rings. The first kappa shape index (κ1) is 23.6. The highest BCUT2D eigenvalue weighted by Crippen LogP contribution is 2.35. The second-order valence-electron chi connectivity index (χ2n) is 9.40. The molecule has 1 aromatic carbocycles. The smallest absolute Gasteiger partial charge is 0.416 e. The lowest BCUT2D eigenvalue weighted by Crippen LogP contribution is -2.20. The number of hydrogen-bond acceptors (Lipinski definition) is 3. The van der Waals surface area contributed by atoms with Crippen LogP contribution in [0.15, 0.2) is 23.2 Å². The third-order valence-electron chi connectivity index (χ3n) is 5.07. The highest BCUT2D eigenvalue weighted by molar-refractivity contribution is 7.09. The number of carbonyl (C=O) groups is 1. The summed E-state index contributed by atoms with van der Waals surface area (Å²) in [6.45, 7) is 12.6. The van der Waals surface area contributed by atoms with Crippen molar-refractivity contribution in [3.05, 3.63) is 44.7 Å². The average molecular weight is 455 g/mol. The molecule has 3 rings (SSSR count). The summed E-state index contributed by atoms with van der Waals surface area (Å²) in [5.41, 5.74) is -0.145. The van der Waals surface area contributed by atoms with Crippen molar-refractivity contribution in [3.8, 4) is 5.75 Å². The zero-order valence-corrected chi connectivity index (χ0v) is 19.6. The lowest BCUT2D eigenvalue weighted by Gasteiger charge is -2.17. The maximum absolute atomic E-state index is 13.3. The molecule has 1 aromatic heterocycles. The number of alkyl halides is 3. The van der Waals surface area contributed by atoms with Crippen LogP contribution in [0.5, 0.6) is 5.75 Å². The van der Waals surface area contributed by atoms with E-state index in [0.717, 1.165) is 42.1 Å². The van der Waals surface area contributed by atoms with Crippen LogP contribution in [-0.4, -0.2) is 16.6 Å². The van der Waals surface area contributed by atoms with Crippen LogP contribution in [0.1, 0.15) is 74.0 Å². The van der Waals surface area contributed by atoms with Gasteiger partial charge in [0, 0.05) is 17.1 Å². The summed E-state index contributed by atoms with van der Waals surface area (Å²) in [6.07, 6.45) is -2.57. The molecule has 0 saturated heterocycles. The Balaban J connectivity index is 2.12. The minimum Gasteiger partial charge on any atom is -0.490 e. The van der Waals surface area contributed by atoms with Gasteiger partial charge in [-0.1, -0.05) is 20.8 Å². The monoisotopic (exact) mass is 454 g/mol. The Hall–Kier alpha value is -2.09. The van der Waals surface area contributed by atoms with E-state index < -0.39 is 17.6 Å². The minimum absolute atomic E-state index is 0.106. The van der Waals surface area contributed by atoms with Crippen LogP contribution in [0.4, 0.5) is 13.2 Å². The van der Waals surface area contributed by atoms with Crippen molar-refractivity contribution in [2.75, 3.05) is 0 Å². The maximum Gasteiger partial charge on any atom is 0.416 e. The number of thiazole rings is 1. The molecule has 170 valence electrons. The summed E-state index contributed by atoms with van der Waals surface area (Å²) in [6, 6.07) is 2.96. The van der Waals surface area contributed by atoms with Gasteiger partial charge in [-0.25, -0.2) is 0 Å². The Kier molecular flexibility index (Phi) is 6.42. The van der Waals surface area contributed by atoms with E-state index in [9.17, 15) is 18.0 Å². The quantitative estimate of drug-likeness (QED) is 0.547. The van der Waals surface area contributed by atoms with Gasteiger partial charge in [0.15, 0.2) is 4.80 Å². The zero-order valence-electron chi connectivity index (χ0n) is 18.8. The van der Waals surface area contributed by atoms with Crippen molar-refractivity contribution in [1.82, 2.24) is 4.57 Å². The third-order valence-corrected chi connectivity index (χ3v) is 6.68. The second kappa shape index (κ2) is 8.45. The number of halogens is 3. The van der Waals surface area contributed by atoms with Gasteiger partial charge >= 0.3 is 6.18 Å². The summed E-state index contributed by atoms with van der Waals surface area (Å²) >= 11 is 1.43. The van der Waals surface area contributed by atoms with Crippen LogP contribution < -0.4 is 9.54 Å². The summed E-state index contributed by atoms with van der Waals surface area (Å²) < 4.78 is 47.5. The Morgan fingerprint density at radius 2 is 1.90 bits per heavy atom. The summed E-state index contributed by atoms with van der Waals surface area (Å²) in [5, 5.41) is 0. The Morgan fingerprint density at radius 1 is 1.26 bits per heavy atom. The summed E-state index contributed by atoms with van der Waals surface area (Å²) in [5.74, 6) is -0.0635. The first-order valence-corrected chi connectivity index (χ1v) is 11.3. The minimum atomic E-state index is -4.56. The number of aromatic nitrogens is 1. The molecule has 31 heavy (non-hydrogen) atoms. The SMILES string of the molecule is Cc1c(C(C)(C)C)s/c(=N\C(=O)c2cc(C(F)(F)F)ccc2OC(C)C)n1CC1CC1. The van der Waals surface area contributed by atoms with Gasteiger partial charge < -0.3 is 9.30 Å². The molecule has 1 saturated carbocycles. The normalized spacial score (nSPS) is 15.6. The van der Waals surface area contributed by atoms with Crippen molar-refractivity contribution in [2.24, 2.45) is 10.9 Å². The molecule has 0 N–H and O–H groups in total. The van der Waals surface area contributed by atoms with Crippen molar-refractivity contribution in [2.45, 2.75) is 78.6 Å². The molecule has 8 heteroatoms. The van der Waals surface area contributed by atoms with Gasteiger partial charge in [-0.2, -0.15) is 18.2 Å². The highest BCUT2D eigenvalue weighted by atomic mass is 32.1. The highest BCUT2D eigenvalue weighted by Gasteiger charge is 2.32. The summed E-state index contributed by atoms with van der Waals surface area (Å²) in [4.78, 5) is 19.0. The van der Waals surface area contributed by atoms with E-state index in [1.807, 2.05) is 11.5 Å². The number of amides is 1. The second-order valence-corrected chi connectivity index (χ2v) is 10.4. The molecular weight excluding hydrogens is 425 g/mol. The van der Waals surface area contributed by atoms with Crippen molar-refractivity contribution >= 4 is 17.2 Å². The van der Waals surface area contributed by atoms with Crippen LogP contribution >= 0.6 is 11.3 Å². The predicted molar refractivity (Wildman–Crippen MR) is 116 cm³/mol. The molecule has 4 nitrogen and oxygen atoms in total. The first-order chi connectivity index (χ1) is 14.3. The van der Waals surface area contributed by atoms with E-state index in [-0.39, 0.29) is 22.8 Å². The average Bonchev–Trinajstić information content (AvgIpc) is 3.39. The van der Waals surface area contributed by atoms with Gasteiger partial charge in [0.2, 0.25) is 0 Å². The van der Waals surface area contributed by atoms with Gasteiger partial charge in [-0.15, -0.1) is 11.3 Å². The predicted octanol–water partition coefficient (Wildman–Crippen LogP) is 6.11. The lowest BCUT2D eigenvalue weighted by atomic mass is 9.93. The molecule has 0 aliphatic heterocycles. The molecule has 1 aliphatic carbocycles. The fraction of sp³-hybridized carbons (Fsp3) is 0.565. The molecule has 1 amide bonds. The first-order valence-electron chi connectivity index (χ1n) is 10.4. The number of ether oxygens (including phenoxy) is 1. The molecule has 0 radical (unpaired) electrons. The molecule has 2 aromatic rings. The van der Waals surface area contributed by atoms with Gasteiger partial charge in [-0.05, 0) is 63.1 Å². The van der Waals surface area contributed by atoms with Crippen LogP contribution in [0, 0.1) is 12.8 Å². The van der Waals surface area contributed by atoms with Crippen molar-refractivity contribution in [3.63, 3.8) is 0 Å². The van der Waals surface area contributed by atoms with E-state index in [0.29, 0.717) is 10.7 Å². The van der Waals surface area contributed by atoms with Crippen molar-refractivity contribution in [1.29, 1.82) is 0 Å². The molecule has 0 atom stereocenters. The largest absolute Gasteiger partial charge is 0.490 e. The van der Waals surface area contributed by atoms with E-state index in [4.69, 9.17) is 4.74 Å². The number of hydrogen-bond donors (Lipinski definition) is 0. The summed E-state index contributed by atoms with van der Waals surface area (Å²) in [7, 11) is 0. The van der Waals surface area contributed by atoms with Gasteiger partial charge in [0.1, 0.15) is 5.75 Å². The van der Waals surface area contributed by atoms with Crippen LogP contribution in [-0.2, 0) is 18.1 Å². The van der Waals surface area contributed by atoms with E-state index in [1.165, 1.54) is 17.4 Å². The topological polar surface area (TPSA) is 43.6 Å². The molecule has 1 heterocycles. The standard InChI is InChI=1S/C23H29F3N2O2S/c1-13(2)30-18-10-9-16(23(24,25)26)11-17(18)20(29)27-21-28(12-15-7-8-15)14(3)19(31-21)22(4,5)6/h9-11,13,15H,7-8,12H2,1-6H3/b27-21-. The fourth-order valence-corrected chi connectivity index (χ4v) is 4.61. The van der Waals surface area contributed by atoms with Crippen LogP contribution in [0.2, 0.25) is 0 Å². The van der Waals surface area contributed by atoms with Gasteiger partial charge in [0.25, 0.3) is 5.91 Å². The Labute approximate surface area is 184 Å². The van der Waals surface area contributed by atoms with Gasteiger partial charge in [0.05, 0.1) is 17.2 Å². The molecular formula is C23H29F3N2O2S. The molecule has 1 fully saturated rings. The van der Waals surface area contributed by atoms with E-state index >= 15 is 0 Å². The fourth-order valence-electron chi connectivity index (χ4n) is 3.42. The number of carbonyl (C=O) groups excluding carboxylic acids is 1. The number of benzene rings is 1. The maximum atomic E-state index is 13.3. The Morgan fingerprint density at radius 3 is 2.42 bits per heavy atom. The molecule has 0 unspecified atom stereocenters. The Bertz CT molecular complexity index is 1040. The zero-order chi connectivity index (χ0) is 23.1. The lowest BCUT2D eigenvalue weighted by molar-refractivity contribution is -0.137. The number of rotatable bonds is 5. The van der Waals surface area contributed by atoms with Crippen LogP contribution in [0.3, 0.4) is 0 Å². The molecule has 0 spiro atoms. The van der Waals surface area contributed by atoms with Gasteiger partial charge in [-0.3, -0.25) is 4.79 Å². The van der Waals surface area contributed by atoms with E-state index in [1.54, 1.807) is 13.8 Å². The molecule has 0 bridgehead atoms. The third kappa shape index (κ3) is 5.59. The number of nitrogens with zero attached hydrogens (tertiary/aromatic N) is 2. The van der Waals surface area contributed by atoms with Crippen molar-refractivity contribution < 1.29 is 22.7 Å². The van der Waals surface area contributed by atoms with E-state index in [2.05, 4.69) is 25.8 Å². The van der Waals surface area contributed by atoms with Crippen LogP contribution in [0.25, 0.3) is 0 Å².